The topological polar surface area (TPSA) is 101 Å². The van der Waals surface area contributed by atoms with Gasteiger partial charge in [0.05, 0.1) is 24.7 Å². The Hall–Kier alpha value is -3.88. The number of pyridine rings is 1. The minimum absolute atomic E-state index is 0.225. The molecule has 3 aromatic rings. The fourth-order valence-electron chi connectivity index (χ4n) is 3.38. The molecule has 30 heavy (non-hydrogen) atoms. The second kappa shape index (κ2) is 8.24. The molecular formula is C21H21N5O4. The predicted molar refractivity (Wildman–Crippen MR) is 109 cm³/mol. The van der Waals surface area contributed by atoms with Gasteiger partial charge in [0, 0.05) is 37.8 Å². The number of carboxylic acid groups (broad SMARTS) is 1. The molecule has 0 atom stereocenters. The summed E-state index contributed by atoms with van der Waals surface area (Å²) in [6.07, 6.45) is 0.669. The first-order valence-electron chi connectivity index (χ1n) is 9.50. The fourth-order valence-corrected chi connectivity index (χ4v) is 3.38. The number of carbonyl (C=O) groups is 2. The largest absolute Gasteiger partial charge is 0.481 e. The van der Waals surface area contributed by atoms with Crippen molar-refractivity contribution >= 4 is 12.0 Å². The molecule has 1 fully saturated rings. The number of ether oxygens (including phenoxy) is 1. The molecule has 1 saturated heterocycles. The standard InChI is InChI=1S/C21H21N5O4/c1-30-19-8-7-16(14-22-19)26-18(15-5-3-2-4-6-15)13-17(23-26)20(27)24-9-11-25(12-10-24)21(28)29/h2-8,13-14H,9-12H2,1H3,(H,28,29). The van der Waals surface area contributed by atoms with Gasteiger partial charge >= 0.3 is 6.09 Å². The van der Waals surface area contributed by atoms with Gasteiger partial charge < -0.3 is 19.6 Å². The molecule has 1 aliphatic heterocycles. The molecule has 1 N–H and O–H groups in total. The molecule has 4 rings (SSSR count). The highest BCUT2D eigenvalue weighted by molar-refractivity contribution is 5.94. The van der Waals surface area contributed by atoms with Crippen LogP contribution < -0.4 is 4.74 Å². The van der Waals surface area contributed by atoms with Crippen LogP contribution in [0.1, 0.15) is 10.5 Å². The molecule has 2 amide bonds. The summed E-state index contributed by atoms with van der Waals surface area (Å²) in [5.41, 5.74) is 2.67. The molecular weight excluding hydrogens is 386 g/mol. The van der Waals surface area contributed by atoms with E-state index in [1.807, 2.05) is 36.4 Å². The zero-order valence-electron chi connectivity index (χ0n) is 16.4. The highest BCUT2D eigenvalue weighted by Crippen LogP contribution is 2.25. The van der Waals surface area contributed by atoms with Crippen molar-refractivity contribution < 1.29 is 19.4 Å². The molecule has 9 nitrogen and oxygen atoms in total. The Morgan fingerprint density at radius 3 is 2.30 bits per heavy atom. The van der Waals surface area contributed by atoms with E-state index in [9.17, 15) is 9.59 Å². The molecule has 3 heterocycles. The van der Waals surface area contributed by atoms with Crippen molar-refractivity contribution in [2.45, 2.75) is 0 Å². The second-order valence-corrected chi connectivity index (χ2v) is 6.81. The van der Waals surface area contributed by atoms with Gasteiger partial charge in [0.2, 0.25) is 5.88 Å². The van der Waals surface area contributed by atoms with E-state index in [1.54, 1.807) is 35.0 Å². The molecule has 1 aliphatic rings. The minimum Gasteiger partial charge on any atom is -0.481 e. The summed E-state index contributed by atoms with van der Waals surface area (Å²) in [6.45, 7) is 1.25. The van der Waals surface area contributed by atoms with Crippen LogP contribution in [-0.4, -0.2) is 75.0 Å². The van der Waals surface area contributed by atoms with Crippen LogP contribution in [0.5, 0.6) is 5.88 Å². The number of carbonyl (C=O) groups excluding carboxylic acids is 1. The van der Waals surface area contributed by atoms with E-state index in [4.69, 9.17) is 9.84 Å². The van der Waals surface area contributed by atoms with Gasteiger partial charge in [0.1, 0.15) is 0 Å². The lowest BCUT2D eigenvalue weighted by molar-refractivity contribution is 0.0619. The van der Waals surface area contributed by atoms with Crippen LogP contribution in [0.4, 0.5) is 4.79 Å². The second-order valence-electron chi connectivity index (χ2n) is 6.81. The minimum atomic E-state index is -0.968. The monoisotopic (exact) mass is 407 g/mol. The van der Waals surface area contributed by atoms with E-state index in [1.165, 1.54) is 4.90 Å². The van der Waals surface area contributed by atoms with Crippen LogP contribution in [0.25, 0.3) is 16.9 Å². The van der Waals surface area contributed by atoms with E-state index in [-0.39, 0.29) is 19.0 Å². The summed E-state index contributed by atoms with van der Waals surface area (Å²) in [5, 5.41) is 13.7. The molecule has 0 spiro atoms. The first-order valence-corrected chi connectivity index (χ1v) is 9.50. The first-order chi connectivity index (χ1) is 14.6. The summed E-state index contributed by atoms with van der Waals surface area (Å²) in [6, 6.07) is 15.0. The number of methoxy groups -OCH3 is 1. The Balaban J connectivity index is 1.67. The fraction of sp³-hybridized carbons (Fsp3) is 0.238. The smallest absolute Gasteiger partial charge is 0.407 e. The molecule has 9 heteroatoms. The van der Waals surface area contributed by atoms with Gasteiger partial charge in [-0.3, -0.25) is 4.79 Å². The summed E-state index contributed by atoms with van der Waals surface area (Å²) in [5.74, 6) is 0.261. The Bertz CT molecular complexity index is 1040. The molecule has 2 aromatic heterocycles. The average Bonchev–Trinajstić information content (AvgIpc) is 3.25. The maximum Gasteiger partial charge on any atom is 0.407 e. The number of hydrogen-bond donors (Lipinski definition) is 1. The van der Waals surface area contributed by atoms with Crippen molar-refractivity contribution in [3.63, 3.8) is 0 Å². The van der Waals surface area contributed by atoms with Gasteiger partial charge in [0.15, 0.2) is 5.69 Å². The van der Waals surface area contributed by atoms with Gasteiger partial charge in [-0.1, -0.05) is 30.3 Å². The summed E-state index contributed by atoms with van der Waals surface area (Å²) < 4.78 is 6.80. The van der Waals surface area contributed by atoms with Crippen LogP contribution in [0.2, 0.25) is 0 Å². The Kier molecular flexibility index (Phi) is 5.34. The third kappa shape index (κ3) is 3.82. The zero-order valence-corrected chi connectivity index (χ0v) is 16.4. The van der Waals surface area contributed by atoms with Gasteiger partial charge in [-0.15, -0.1) is 0 Å². The molecule has 0 bridgehead atoms. The number of piperazine rings is 1. The predicted octanol–water partition coefficient (Wildman–Crippen LogP) is 2.38. The lowest BCUT2D eigenvalue weighted by Crippen LogP contribution is -2.50. The lowest BCUT2D eigenvalue weighted by atomic mass is 10.1. The van der Waals surface area contributed by atoms with Crippen LogP contribution >= 0.6 is 0 Å². The number of amides is 2. The lowest BCUT2D eigenvalue weighted by Gasteiger charge is -2.32. The first kappa shape index (κ1) is 19.4. The molecule has 0 aliphatic carbocycles. The Morgan fingerprint density at radius 2 is 1.70 bits per heavy atom. The maximum atomic E-state index is 13.1. The summed E-state index contributed by atoms with van der Waals surface area (Å²) >= 11 is 0. The van der Waals surface area contributed by atoms with Crippen LogP contribution in [-0.2, 0) is 0 Å². The maximum absolute atomic E-state index is 13.1. The van der Waals surface area contributed by atoms with Crippen LogP contribution in [0.15, 0.2) is 54.7 Å². The zero-order chi connectivity index (χ0) is 21.1. The van der Waals surface area contributed by atoms with Crippen molar-refractivity contribution in [1.29, 1.82) is 0 Å². The van der Waals surface area contributed by atoms with E-state index in [0.717, 1.165) is 11.3 Å². The number of aromatic nitrogens is 3. The third-order valence-electron chi connectivity index (χ3n) is 5.01. The van der Waals surface area contributed by atoms with Crippen LogP contribution in [0.3, 0.4) is 0 Å². The average molecular weight is 407 g/mol. The molecule has 0 saturated carbocycles. The Morgan fingerprint density at radius 1 is 1.00 bits per heavy atom. The highest BCUT2D eigenvalue weighted by atomic mass is 16.5. The van der Waals surface area contributed by atoms with Crippen molar-refractivity contribution in [2.75, 3.05) is 33.3 Å². The van der Waals surface area contributed by atoms with Gasteiger partial charge in [-0.25, -0.2) is 14.5 Å². The quantitative estimate of drug-likeness (QED) is 0.713. The van der Waals surface area contributed by atoms with Gasteiger partial charge in [0.25, 0.3) is 5.91 Å². The van der Waals surface area contributed by atoms with Crippen molar-refractivity contribution in [2.24, 2.45) is 0 Å². The van der Waals surface area contributed by atoms with E-state index >= 15 is 0 Å². The third-order valence-corrected chi connectivity index (χ3v) is 5.01. The summed E-state index contributed by atoms with van der Waals surface area (Å²) in [7, 11) is 1.55. The molecule has 0 unspecified atom stereocenters. The summed E-state index contributed by atoms with van der Waals surface area (Å²) in [4.78, 5) is 31.3. The molecule has 0 radical (unpaired) electrons. The molecule has 154 valence electrons. The van der Waals surface area contributed by atoms with E-state index < -0.39 is 6.09 Å². The van der Waals surface area contributed by atoms with Gasteiger partial charge in [-0.05, 0) is 12.1 Å². The van der Waals surface area contributed by atoms with Gasteiger partial charge in [-0.2, -0.15) is 5.10 Å². The van der Waals surface area contributed by atoms with Crippen molar-refractivity contribution in [3.8, 4) is 22.8 Å². The highest BCUT2D eigenvalue weighted by Gasteiger charge is 2.27. The Labute approximate surface area is 173 Å². The molecule has 1 aromatic carbocycles. The normalized spacial score (nSPS) is 13.9. The van der Waals surface area contributed by atoms with Crippen molar-refractivity contribution in [3.05, 3.63) is 60.4 Å². The number of nitrogens with zero attached hydrogens (tertiary/aromatic N) is 5. The number of hydrogen-bond acceptors (Lipinski definition) is 5. The SMILES string of the molecule is COc1ccc(-n2nc(C(=O)N3CCN(C(=O)O)CC3)cc2-c2ccccc2)cn1. The van der Waals surface area contributed by atoms with Crippen molar-refractivity contribution in [1.82, 2.24) is 24.6 Å². The van der Waals surface area contributed by atoms with Crippen LogP contribution in [0, 0.1) is 0 Å². The van der Waals surface area contributed by atoms with E-state index in [0.29, 0.717) is 30.4 Å². The van der Waals surface area contributed by atoms with E-state index in [2.05, 4.69) is 10.1 Å². The number of rotatable bonds is 4. The number of benzene rings is 1.